The lowest BCUT2D eigenvalue weighted by atomic mass is 10.1. The fourth-order valence-electron chi connectivity index (χ4n) is 4.49. The third-order valence-corrected chi connectivity index (χ3v) is 6.29. The average molecular weight is 501 g/mol. The van der Waals surface area contributed by atoms with Crippen molar-refractivity contribution in [1.29, 1.82) is 0 Å². The standard InChI is InChI=1S/C24H20FN9O3/c1-13-28-12-34(31-13)23-20-19(17(37-2)10-27-23)15(9-26-20)21(35)24(36)32-7-8-33-18(11-32)29-30-22(33)14-5-3-4-6-16(14)25/h3-6,9-10,12,26H,7-8,11H2,1-2H3. The number of nitrogens with zero attached hydrogens (tertiary/aromatic N) is 8. The van der Waals surface area contributed by atoms with E-state index in [0.717, 1.165) is 0 Å². The van der Waals surface area contributed by atoms with Gasteiger partial charge in [0.15, 0.2) is 17.5 Å². The van der Waals surface area contributed by atoms with Crippen LogP contribution in [0.2, 0.25) is 0 Å². The third kappa shape index (κ3) is 3.63. The largest absolute Gasteiger partial charge is 0.494 e. The maximum absolute atomic E-state index is 14.3. The van der Waals surface area contributed by atoms with E-state index >= 15 is 0 Å². The molecule has 1 amide bonds. The molecule has 0 aliphatic carbocycles. The van der Waals surface area contributed by atoms with Gasteiger partial charge in [0.1, 0.15) is 23.7 Å². The van der Waals surface area contributed by atoms with E-state index in [9.17, 15) is 14.0 Å². The second-order valence-electron chi connectivity index (χ2n) is 8.47. The van der Waals surface area contributed by atoms with Gasteiger partial charge in [-0.05, 0) is 19.1 Å². The van der Waals surface area contributed by atoms with E-state index in [2.05, 4.69) is 30.2 Å². The van der Waals surface area contributed by atoms with Crippen LogP contribution in [0.5, 0.6) is 5.75 Å². The highest BCUT2D eigenvalue weighted by Crippen LogP contribution is 2.32. The number of Topliss-reactive ketones (excluding diaryl/α,β-unsaturated/α-hetero) is 1. The van der Waals surface area contributed by atoms with Crippen molar-refractivity contribution in [2.75, 3.05) is 13.7 Å². The summed E-state index contributed by atoms with van der Waals surface area (Å²) in [4.78, 5) is 39.7. The number of aryl methyl sites for hydroxylation is 1. The number of pyridine rings is 1. The molecular formula is C24H20FN9O3. The minimum absolute atomic E-state index is 0.0660. The molecule has 12 nitrogen and oxygen atoms in total. The maximum atomic E-state index is 14.3. The van der Waals surface area contributed by atoms with Gasteiger partial charge in [-0.1, -0.05) is 12.1 Å². The molecule has 0 unspecified atom stereocenters. The third-order valence-electron chi connectivity index (χ3n) is 6.29. The number of H-pyrrole nitrogens is 1. The molecule has 1 aromatic carbocycles. The molecule has 0 atom stereocenters. The topological polar surface area (TPSA) is 137 Å². The van der Waals surface area contributed by atoms with Gasteiger partial charge in [0, 0.05) is 19.3 Å². The van der Waals surface area contributed by atoms with Gasteiger partial charge in [0.25, 0.3) is 11.7 Å². The van der Waals surface area contributed by atoms with Crippen LogP contribution in [0.15, 0.2) is 43.0 Å². The SMILES string of the molecule is COc1cnc(-n2cnc(C)n2)c2[nH]cc(C(=O)C(=O)N3CCn4c(nnc4-c4ccccc4F)C3)c12. The Labute approximate surface area is 208 Å². The number of aromatic nitrogens is 8. The molecule has 0 saturated heterocycles. The highest BCUT2D eigenvalue weighted by molar-refractivity contribution is 6.45. The van der Waals surface area contributed by atoms with Gasteiger partial charge in [0.2, 0.25) is 0 Å². The summed E-state index contributed by atoms with van der Waals surface area (Å²) in [5.74, 6) is 0.342. The van der Waals surface area contributed by atoms with Crippen LogP contribution in [-0.4, -0.2) is 69.7 Å². The monoisotopic (exact) mass is 501 g/mol. The second kappa shape index (κ2) is 8.62. The molecule has 13 heteroatoms. The van der Waals surface area contributed by atoms with Gasteiger partial charge >= 0.3 is 0 Å². The molecule has 5 heterocycles. The van der Waals surface area contributed by atoms with Crippen LogP contribution < -0.4 is 4.74 Å². The van der Waals surface area contributed by atoms with Crippen LogP contribution in [0.1, 0.15) is 22.0 Å². The van der Waals surface area contributed by atoms with Crippen molar-refractivity contribution < 1.29 is 18.7 Å². The highest BCUT2D eigenvalue weighted by Gasteiger charge is 2.32. The van der Waals surface area contributed by atoms with E-state index in [-0.39, 0.29) is 18.7 Å². The van der Waals surface area contributed by atoms with Crippen LogP contribution in [-0.2, 0) is 17.9 Å². The quantitative estimate of drug-likeness (QED) is 0.286. The number of ketones is 1. The molecule has 6 rings (SSSR count). The van der Waals surface area contributed by atoms with Crippen molar-refractivity contribution in [3.05, 3.63) is 66.0 Å². The van der Waals surface area contributed by atoms with E-state index in [1.807, 2.05) is 0 Å². The number of benzene rings is 1. The summed E-state index contributed by atoms with van der Waals surface area (Å²) in [6, 6.07) is 6.30. The normalized spacial score (nSPS) is 13.1. The van der Waals surface area contributed by atoms with Crippen LogP contribution >= 0.6 is 0 Å². The Bertz CT molecular complexity index is 1690. The Morgan fingerprint density at radius 3 is 2.73 bits per heavy atom. The number of ether oxygens (including phenoxy) is 1. The first kappa shape index (κ1) is 22.5. The van der Waals surface area contributed by atoms with Crippen LogP contribution in [0.25, 0.3) is 28.1 Å². The first-order chi connectivity index (χ1) is 18.0. The molecule has 186 valence electrons. The lowest BCUT2D eigenvalue weighted by Crippen LogP contribution is -2.42. The van der Waals surface area contributed by atoms with E-state index in [1.165, 1.54) is 41.5 Å². The summed E-state index contributed by atoms with van der Waals surface area (Å²) >= 11 is 0. The predicted octanol–water partition coefficient (Wildman–Crippen LogP) is 2.08. The van der Waals surface area contributed by atoms with Crippen molar-refractivity contribution >= 4 is 22.6 Å². The number of hydrogen-bond donors (Lipinski definition) is 1. The number of aromatic amines is 1. The first-order valence-electron chi connectivity index (χ1n) is 11.4. The lowest BCUT2D eigenvalue weighted by Gasteiger charge is -2.27. The average Bonchev–Trinajstić information content (AvgIpc) is 3.65. The van der Waals surface area contributed by atoms with Crippen molar-refractivity contribution in [2.45, 2.75) is 20.0 Å². The fourth-order valence-corrected chi connectivity index (χ4v) is 4.49. The summed E-state index contributed by atoms with van der Waals surface area (Å²) in [5, 5.41) is 13.0. The highest BCUT2D eigenvalue weighted by atomic mass is 19.1. The van der Waals surface area contributed by atoms with E-state index in [1.54, 1.807) is 29.7 Å². The molecule has 37 heavy (non-hydrogen) atoms. The molecule has 0 radical (unpaired) electrons. The number of methoxy groups -OCH3 is 1. The second-order valence-corrected chi connectivity index (χ2v) is 8.47. The lowest BCUT2D eigenvalue weighted by molar-refractivity contribution is -0.127. The smallest absolute Gasteiger partial charge is 0.295 e. The zero-order chi connectivity index (χ0) is 25.7. The summed E-state index contributed by atoms with van der Waals surface area (Å²) in [5.41, 5.74) is 0.958. The summed E-state index contributed by atoms with van der Waals surface area (Å²) in [6.07, 6.45) is 4.44. The van der Waals surface area contributed by atoms with Crippen molar-refractivity contribution in [1.82, 2.24) is 44.4 Å². The van der Waals surface area contributed by atoms with E-state index < -0.39 is 17.5 Å². The number of nitrogens with one attached hydrogen (secondary N) is 1. The Hall–Kier alpha value is -4.94. The number of amides is 1. The number of rotatable bonds is 5. The van der Waals surface area contributed by atoms with Crippen molar-refractivity contribution in [3.8, 4) is 23.0 Å². The molecular weight excluding hydrogens is 481 g/mol. The Kier molecular flexibility index (Phi) is 5.25. The Balaban J connectivity index is 1.31. The van der Waals surface area contributed by atoms with Crippen LogP contribution in [0.4, 0.5) is 4.39 Å². The number of halogens is 1. The molecule has 1 aliphatic heterocycles. The molecule has 0 saturated carbocycles. The molecule has 0 bridgehead atoms. The van der Waals surface area contributed by atoms with Gasteiger partial charge < -0.3 is 19.2 Å². The number of fused-ring (bicyclic) bond motifs is 2. The maximum Gasteiger partial charge on any atom is 0.295 e. The predicted molar refractivity (Wildman–Crippen MR) is 127 cm³/mol. The molecule has 1 N–H and O–H groups in total. The van der Waals surface area contributed by atoms with Crippen LogP contribution in [0.3, 0.4) is 0 Å². The van der Waals surface area contributed by atoms with E-state index in [0.29, 0.717) is 52.1 Å². The van der Waals surface area contributed by atoms with Crippen molar-refractivity contribution in [3.63, 3.8) is 0 Å². The molecule has 0 spiro atoms. The number of carbonyl (C=O) groups is 2. The molecule has 4 aromatic heterocycles. The minimum Gasteiger partial charge on any atom is -0.494 e. The van der Waals surface area contributed by atoms with Gasteiger partial charge in [-0.2, -0.15) is 5.10 Å². The fraction of sp³-hybridized carbons (Fsp3) is 0.208. The summed E-state index contributed by atoms with van der Waals surface area (Å²) < 4.78 is 23.0. The van der Waals surface area contributed by atoms with Gasteiger partial charge in [0.05, 0.1) is 41.9 Å². The van der Waals surface area contributed by atoms with Crippen LogP contribution in [0, 0.1) is 12.7 Å². The minimum atomic E-state index is -0.709. The Morgan fingerprint density at radius 2 is 1.97 bits per heavy atom. The van der Waals surface area contributed by atoms with Gasteiger partial charge in [-0.3, -0.25) is 9.59 Å². The number of carbonyl (C=O) groups excluding carboxylic acids is 2. The summed E-state index contributed by atoms with van der Waals surface area (Å²) in [7, 11) is 1.46. The summed E-state index contributed by atoms with van der Waals surface area (Å²) in [6.45, 7) is 2.37. The zero-order valence-electron chi connectivity index (χ0n) is 19.8. The Morgan fingerprint density at radius 1 is 1.14 bits per heavy atom. The molecule has 0 fully saturated rings. The zero-order valence-corrected chi connectivity index (χ0v) is 19.8. The molecule has 1 aliphatic rings. The molecule has 5 aromatic rings. The first-order valence-corrected chi connectivity index (χ1v) is 11.4. The van der Waals surface area contributed by atoms with E-state index in [4.69, 9.17) is 4.74 Å². The van der Waals surface area contributed by atoms with Gasteiger partial charge in [-0.15, -0.1) is 10.2 Å². The number of hydrogen-bond acceptors (Lipinski definition) is 8. The van der Waals surface area contributed by atoms with Gasteiger partial charge in [-0.25, -0.2) is 19.0 Å². The van der Waals surface area contributed by atoms with Crippen molar-refractivity contribution in [2.24, 2.45) is 0 Å².